The first kappa shape index (κ1) is 24.8. The molecule has 16 heteroatoms. The van der Waals surface area contributed by atoms with Gasteiger partial charge < -0.3 is 4.43 Å². The number of hydrogen-bond donors (Lipinski definition) is 0. The van der Waals surface area contributed by atoms with Crippen molar-refractivity contribution in [3.63, 3.8) is 0 Å². The van der Waals surface area contributed by atoms with Crippen molar-refractivity contribution >= 4 is 14.3 Å². The molecule has 0 rings (SSSR count). The minimum Gasteiger partial charge on any atom is -0.515 e. The van der Waals surface area contributed by atoms with Gasteiger partial charge in [-0.25, -0.2) is 4.79 Å². The molecule has 0 fully saturated rings. The predicted molar refractivity (Wildman–Crippen MR) is 60.2 cm³/mol. The molecule has 0 aromatic rings. The van der Waals surface area contributed by atoms with Crippen molar-refractivity contribution in [2.45, 2.75) is 55.4 Å². The number of carbonyl (C=O) groups is 1. The van der Waals surface area contributed by atoms with Crippen LogP contribution in [0.4, 0.5) is 57.1 Å². The zero-order chi connectivity index (χ0) is 21.8. The van der Waals surface area contributed by atoms with Crippen molar-refractivity contribution in [3.05, 3.63) is 0 Å². The molecule has 0 aliphatic heterocycles. The lowest BCUT2D eigenvalue weighted by Gasteiger charge is -2.39. The third-order valence-corrected chi connectivity index (χ3v) is 3.39. The number of carbonyl (C=O) groups excluding carboxylic acids is 1. The van der Waals surface area contributed by atoms with Crippen molar-refractivity contribution < 1.29 is 66.3 Å². The Hall–Kier alpha value is -1.22. The standard InChI is InChI=1S/C10H9F13O2Si/c1-26(2,3)25-4(24)5(11,12)6(13,14)7(15,16)8(17,18)9(19,20)10(21,22)23/h1-3H3. The SMILES string of the molecule is C[Si](C)(C)OC(=O)C(F)(F)C(F)(F)C(F)(F)C(F)(F)C(F)(F)C(F)(F)F. The van der Waals surface area contributed by atoms with Crippen LogP contribution in [-0.2, 0) is 9.22 Å². The highest BCUT2D eigenvalue weighted by Crippen LogP contribution is 2.60. The lowest BCUT2D eigenvalue weighted by Crippen LogP contribution is -2.71. The average Bonchev–Trinajstić information content (AvgIpc) is 2.34. The number of alkyl halides is 13. The summed E-state index contributed by atoms with van der Waals surface area (Å²) in [4.78, 5) is 10.9. The smallest absolute Gasteiger partial charge is 0.460 e. The summed E-state index contributed by atoms with van der Waals surface area (Å²) in [5.41, 5.74) is 0. The van der Waals surface area contributed by atoms with Gasteiger partial charge in [0.05, 0.1) is 0 Å². The van der Waals surface area contributed by atoms with Crippen LogP contribution in [0.5, 0.6) is 0 Å². The summed E-state index contributed by atoms with van der Waals surface area (Å²) >= 11 is 0. The maximum atomic E-state index is 13.3. The molecule has 0 bridgehead atoms. The van der Waals surface area contributed by atoms with Gasteiger partial charge in [-0.1, -0.05) is 0 Å². The normalized spacial score (nSPS) is 15.8. The van der Waals surface area contributed by atoms with Gasteiger partial charge in [0.15, 0.2) is 0 Å². The average molecular weight is 436 g/mol. The van der Waals surface area contributed by atoms with E-state index < -0.39 is 50.1 Å². The summed E-state index contributed by atoms with van der Waals surface area (Å²) in [6.07, 6.45) is -7.50. The lowest BCUT2D eigenvalue weighted by molar-refractivity contribution is -0.436. The second-order valence-electron chi connectivity index (χ2n) is 5.87. The van der Waals surface area contributed by atoms with E-state index in [1.54, 1.807) is 0 Å². The molecular weight excluding hydrogens is 427 g/mol. The van der Waals surface area contributed by atoms with E-state index in [4.69, 9.17) is 0 Å². The summed E-state index contributed by atoms with van der Waals surface area (Å²) in [7, 11) is -3.50. The summed E-state index contributed by atoms with van der Waals surface area (Å²) in [6, 6.07) is 0. The molecule has 0 unspecified atom stereocenters. The van der Waals surface area contributed by atoms with Crippen molar-refractivity contribution in [2.24, 2.45) is 0 Å². The third kappa shape index (κ3) is 3.60. The molecule has 2 nitrogen and oxygen atoms in total. The molecule has 0 aromatic carbocycles. The van der Waals surface area contributed by atoms with Crippen molar-refractivity contribution in [1.29, 1.82) is 0 Å². The fourth-order valence-electron chi connectivity index (χ4n) is 1.24. The Kier molecular flexibility index (Phi) is 5.86. The number of halogens is 13. The van der Waals surface area contributed by atoms with Crippen molar-refractivity contribution in [2.75, 3.05) is 0 Å². The van der Waals surface area contributed by atoms with E-state index in [1.165, 1.54) is 0 Å². The first-order valence-electron chi connectivity index (χ1n) is 6.07. The minimum atomic E-state index is -8.04. The van der Waals surface area contributed by atoms with Gasteiger partial charge >= 0.3 is 41.8 Å². The van der Waals surface area contributed by atoms with Crippen LogP contribution in [0.1, 0.15) is 0 Å². The highest BCUT2D eigenvalue weighted by Gasteiger charge is 2.92. The summed E-state index contributed by atoms with van der Waals surface area (Å²) in [6.45, 7) is 2.68. The van der Waals surface area contributed by atoms with Gasteiger partial charge in [0, 0.05) is 0 Å². The molecule has 0 aliphatic carbocycles. The minimum absolute atomic E-state index is 0.893. The maximum absolute atomic E-state index is 13.3. The first-order chi connectivity index (χ1) is 10.9. The van der Waals surface area contributed by atoms with Crippen LogP contribution in [0.25, 0.3) is 0 Å². The molecule has 0 spiro atoms. The molecule has 0 aliphatic rings. The second-order valence-corrected chi connectivity index (χ2v) is 10.3. The van der Waals surface area contributed by atoms with Crippen LogP contribution < -0.4 is 0 Å². The molecule has 0 saturated carbocycles. The summed E-state index contributed by atoms with van der Waals surface area (Å²) < 4.78 is 170. The molecule has 0 amide bonds. The lowest BCUT2D eigenvalue weighted by atomic mass is 9.94. The largest absolute Gasteiger partial charge is 0.515 e. The third-order valence-electron chi connectivity index (χ3n) is 2.59. The Bertz CT molecular complexity index is 546. The summed E-state index contributed by atoms with van der Waals surface area (Å²) in [5.74, 6) is -41.8. The van der Waals surface area contributed by atoms with E-state index in [-0.39, 0.29) is 0 Å². The molecule has 0 heterocycles. The highest BCUT2D eigenvalue weighted by molar-refractivity contribution is 6.71. The van der Waals surface area contributed by atoms with Crippen LogP contribution in [-0.4, -0.2) is 50.1 Å². The second kappa shape index (κ2) is 6.15. The van der Waals surface area contributed by atoms with Gasteiger partial charge in [-0.05, 0) is 19.6 Å². The van der Waals surface area contributed by atoms with E-state index >= 15 is 0 Å². The Morgan fingerprint density at radius 3 is 1.19 bits per heavy atom. The van der Waals surface area contributed by atoms with E-state index in [9.17, 15) is 61.9 Å². The van der Waals surface area contributed by atoms with Crippen LogP contribution >= 0.6 is 0 Å². The molecule has 0 N–H and O–H groups in total. The Morgan fingerprint density at radius 1 is 0.615 bits per heavy atom. The molecule has 0 atom stereocenters. The Labute approximate surface area is 137 Å². The van der Waals surface area contributed by atoms with Crippen molar-refractivity contribution in [1.82, 2.24) is 0 Å². The first-order valence-corrected chi connectivity index (χ1v) is 9.48. The highest BCUT2D eigenvalue weighted by atomic mass is 28.4. The summed E-state index contributed by atoms with van der Waals surface area (Å²) in [5, 5.41) is 0. The van der Waals surface area contributed by atoms with E-state index in [2.05, 4.69) is 4.43 Å². The van der Waals surface area contributed by atoms with E-state index in [0.29, 0.717) is 0 Å². The fraction of sp³-hybridized carbons (Fsp3) is 0.900. The van der Waals surface area contributed by atoms with Crippen molar-refractivity contribution in [3.8, 4) is 0 Å². The van der Waals surface area contributed by atoms with Gasteiger partial charge in [-0.15, -0.1) is 0 Å². The van der Waals surface area contributed by atoms with Gasteiger partial charge in [-0.2, -0.15) is 57.1 Å². The molecule has 0 aromatic heterocycles. The topological polar surface area (TPSA) is 26.3 Å². The van der Waals surface area contributed by atoms with E-state index in [1.807, 2.05) is 0 Å². The van der Waals surface area contributed by atoms with Gasteiger partial charge in [0.1, 0.15) is 0 Å². The zero-order valence-corrected chi connectivity index (χ0v) is 13.7. The number of rotatable bonds is 6. The Balaban J connectivity index is 6.29. The molecule has 0 saturated heterocycles. The van der Waals surface area contributed by atoms with Crippen LogP contribution in [0.3, 0.4) is 0 Å². The fourth-order valence-corrected chi connectivity index (χ4v) is 1.92. The van der Waals surface area contributed by atoms with Crippen LogP contribution in [0, 0.1) is 0 Å². The Morgan fingerprint density at radius 2 is 0.923 bits per heavy atom. The molecular formula is C10H9F13O2Si. The maximum Gasteiger partial charge on any atom is 0.460 e. The quantitative estimate of drug-likeness (QED) is 0.428. The monoisotopic (exact) mass is 436 g/mol. The van der Waals surface area contributed by atoms with Crippen LogP contribution in [0.15, 0.2) is 0 Å². The number of hydrogen-bond acceptors (Lipinski definition) is 2. The predicted octanol–water partition coefficient (Wildman–Crippen LogP) is 5.10. The molecule has 156 valence electrons. The van der Waals surface area contributed by atoms with Gasteiger partial charge in [-0.3, -0.25) is 0 Å². The van der Waals surface area contributed by atoms with Crippen LogP contribution in [0.2, 0.25) is 19.6 Å². The molecule has 0 radical (unpaired) electrons. The zero-order valence-electron chi connectivity index (χ0n) is 12.7. The van der Waals surface area contributed by atoms with Gasteiger partial charge in [0.25, 0.3) is 0 Å². The molecule has 26 heavy (non-hydrogen) atoms. The van der Waals surface area contributed by atoms with Gasteiger partial charge in [0.2, 0.25) is 8.32 Å². The van der Waals surface area contributed by atoms with E-state index in [0.717, 1.165) is 19.6 Å².